The van der Waals surface area contributed by atoms with Crippen molar-refractivity contribution in [3.8, 4) is 21.9 Å². The molecule has 3 aliphatic rings. The number of aromatic nitrogens is 5. The summed E-state index contributed by atoms with van der Waals surface area (Å²) in [6.07, 6.45) is 10.8. The number of hydrogen-bond donors (Lipinski definition) is 2. The molecule has 8 rings (SSSR count). The number of nitrogen functional groups attached to an aromatic ring is 2. The van der Waals surface area contributed by atoms with Crippen molar-refractivity contribution in [2.24, 2.45) is 11.8 Å². The third-order valence-corrected chi connectivity index (χ3v) is 12.5. The van der Waals surface area contributed by atoms with E-state index in [2.05, 4.69) is 26.2 Å². The number of anilines is 2. The highest BCUT2D eigenvalue weighted by Crippen LogP contribution is 2.50. The van der Waals surface area contributed by atoms with Crippen LogP contribution in [0.1, 0.15) is 68.1 Å². The molecule has 4 N–H and O–H groups in total. The lowest BCUT2D eigenvalue weighted by atomic mass is 9.89. The van der Waals surface area contributed by atoms with Crippen molar-refractivity contribution in [2.45, 2.75) is 69.6 Å². The molecule has 1 fully saturated rings. The van der Waals surface area contributed by atoms with Crippen LogP contribution in [0.15, 0.2) is 46.0 Å². The van der Waals surface area contributed by atoms with Gasteiger partial charge >= 0.3 is 6.01 Å². The molecule has 0 saturated carbocycles. The molecular formula is C34H39N7O4S2. The highest BCUT2D eigenvalue weighted by molar-refractivity contribution is 7.92. The summed E-state index contributed by atoms with van der Waals surface area (Å²) in [6, 6.07) is 7.93. The van der Waals surface area contributed by atoms with Gasteiger partial charge < -0.3 is 20.6 Å². The second-order valence-corrected chi connectivity index (χ2v) is 15.9. The standard InChI is InChI=1S/C26H30N6O4S2.C8H9N/c1-13(2)16-12-38(33,34)23-20(18-11-15-5-8-29-24(27)22(15)37-18)19(25-31-32-26(28)36-25)17(30-21(16)23)4-3-14-6-9-35-10-7-14;1-3-7-4-2-6-9-8(7)5-1/h5,8,11,13-14,16H,3-4,6-7,9-10,12H2,1-2H3,(H2,27,29)(H2,28,32);2,4,6H,1,3,5H2. The van der Waals surface area contributed by atoms with Crippen molar-refractivity contribution in [3.05, 3.63) is 59.3 Å². The molecule has 1 saturated heterocycles. The van der Waals surface area contributed by atoms with Crippen molar-refractivity contribution >= 4 is 43.1 Å². The van der Waals surface area contributed by atoms with Crippen molar-refractivity contribution in [2.75, 3.05) is 30.4 Å². The van der Waals surface area contributed by atoms with E-state index in [1.165, 1.54) is 41.9 Å². The minimum atomic E-state index is -3.64. The molecule has 5 aromatic rings. The number of rotatable bonds is 6. The first-order valence-corrected chi connectivity index (χ1v) is 18.7. The van der Waals surface area contributed by atoms with E-state index in [4.69, 9.17) is 25.6 Å². The number of aryl methyl sites for hydroxylation is 3. The SMILES string of the molecule is CC(C)C1CS(=O)(=O)c2c1nc(CCC1CCOCC1)c(-c1nnc(N)o1)c2-c1cc2ccnc(N)c2s1.c1cnc2c(c1)CCC2. The molecule has 0 amide bonds. The molecule has 11 nitrogen and oxygen atoms in total. The maximum Gasteiger partial charge on any atom is 0.313 e. The average Bonchev–Trinajstić information content (AvgIpc) is 3.86. The zero-order chi connectivity index (χ0) is 32.7. The molecule has 2 aliphatic heterocycles. The molecule has 1 unspecified atom stereocenters. The number of fused-ring (bicyclic) bond motifs is 3. The molecule has 1 aliphatic carbocycles. The third kappa shape index (κ3) is 6.23. The number of sulfone groups is 1. The van der Waals surface area contributed by atoms with Gasteiger partial charge in [-0.25, -0.2) is 13.4 Å². The summed E-state index contributed by atoms with van der Waals surface area (Å²) in [4.78, 5) is 14.5. The van der Waals surface area contributed by atoms with Gasteiger partial charge in [0.2, 0.25) is 0 Å². The Morgan fingerprint density at radius 2 is 1.87 bits per heavy atom. The van der Waals surface area contributed by atoms with E-state index in [9.17, 15) is 8.42 Å². The maximum atomic E-state index is 13.8. The molecule has 0 spiro atoms. The van der Waals surface area contributed by atoms with Crippen LogP contribution in [0.5, 0.6) is 0 Å². The fraction of sp³-hybridized carbons (Fsp3) is 0.441. The summed E-state index contributed by atoms with van der Waals surface area (Å²) in [5.41, 5.74) is 17.3. The van der Waals surface area contributed by atoms with Crippen LogP contribution in [0, 0.1) is 11.8 Å². The molecule has 0 bridgehead atoms. The molecule has 0 radical (unpaired) electrons. The first kappa shape index (κ1) is 31.6. The van der Waals surface area contributed by atoms with Crippen molar-refractivity contribution < 1.29 is 17.6 Å². The first-order chi connectivity index (χ1) is 22.7. The van der Waals surface area contributed by atoms with Gasteiger partial charge in [-0.05, 0) is 85.9 Å². The maximum absolute atomic E-state index is 13.8. The lowest BCUT2D eigenvalue weighted by molar-refractivity contribution is 0.0639. The minimum Gasteiger partial charge on any atom is -0.403 e. The van der Waals surface area contributed by atoms with Crippen LogP contribution in [-0.4, -0.2) is 52.5 Å². The van der Waals surface area contributed by atoms with E-state index in [0.29, 0.717) is 35.0 Å². The zero-order valence-corrected chi connectivity index (χ0v) is 28.2. The largest absolute Gasteiger partial charge is 0.403 e. The van der Waals surface area contributed by atoms with E-state index in [1.54, 1.807) is 6.20 Å². The average molecular weight is 674 g/mol. The van der Waals surface area contributed by atoms with Gasteiger partial charge in [0.05, 0.1) is 32.3 Å². The second kappa shape index (κ2) is 12.9. The van der Waals surface area contributed by atoms with Gasteiger partial charge in [0.1, 0.15) is 5.82 Å². The highest BCUT2D eigenvalue weighted by atomic mass is 32.2. The van der Waals surface area contributed by atoms with E-state index < -0.39 is 9.84 Å². The Morgan fingerprint density at radius 3 is 2.60 bits per heavy atom. The van der Waals surface area contributed by atoms with Crippen LogP contribution in [0.2, 0.25) is 0 Å². The van der Waals surface area contributed by atoms with Crippen LogP contribution in [0.4, 0.5) is 11.8 Å². The van der Waals surface area contributed by atoms with Crippen LogP contribution < -0.4 is 11.5 Å². The van der Waals surface area contributed by atoms with Crippen LogP contribution in [0.25, 0.3) is 32.0 Å². The Morgan fingerprint density at radius 1 is 1.04 bits per heavy atom. The molecule has 1 atom stereocenters. The topological polar surface area (TPSA) is 173 Å². The molecule has 5 aromatic heterocycles. The van der Waals surface area contributed by atoms with Gasteiger partial charge in [0.15, 0.2) is 9.84 Å². The quantitative estimate of drug-likeness (QED) is 0.215. The Balaban J connectivity index is 0.000000334. The fourth-order valence-corrected chi connectivity index (χ4v) is 10.3. The van der Waals surface area contributed by atoms with Crippen molar-refractivity contribution in [3.63, 3.8) is 0 Å². The minimum absolute atomic E-state index is 0.0173. The van der Waals surface area contributed by atoms with E-state index in [1.807, 2.05) is 38.2 Å². The molecular weight excluding hydrogens is 635 g/mol. The summed E-state index contributed by atoms with van der Waals surface area (Å²) in [5, 5.41) is 8.97. The van der Waals surface area contributed by atoms with Gasteiger partial charge in [0.25, 0.3) is 5.89 Å². The van der Waals surface area contributed by atoms with Gasteiger partial charge in [-0.15, -0.1) is 16.4 Å². The second-order valence-electron chi connectivity index (χ2n) is 12.9. The van der Waals surface area contributed by atoms with Crippen LogP contribution in [-0.2, 0) is 33.8 Å². The number of pyridine rings is 3. The van der Waals surface area contributed by atoms with Crippen LogP contribution >= 0.6 is 11.3 Å². The number of nitrogens with two attached hydrogens (primary N) is 2. The molecule has 47 heavy (non-hydrogen) atoms. The number of ether oxygens (including phenoxy) is 1. The lowest BCUT2D eigenvalue weighted by Crippen LogP contribution is -2.17. The Kier molecular flexibility index (Phi) is 8.71. The molecule has 246 valence electrons. The van der Waals surface area contributed by atoms with Gasteiger partial charge in [-0.2, -0.15) is 0 Å². The Hall–Kier alpha value is -3.94. The van der Waals surface area contributed by atoms with Gasteiger partial charge in [-0.3, -0.25) is 9.97 Å². The lowest BCUT2D eigenvalue weighted by Gasteiger charge is -2.23. The number of nitrogens with zero attached hydrogens (tertiary/aromatic N) is 5. The normalized spacial score (nSPS) is 18.7. The van der Waals surface area contributed by atoms with E-state index >= 15 is 0 Å². The molecule has 13 heteroatoms. The van der Waals surface area contributed by atoms with Gasteiger partial charge in [-0.1, -0.05) is 25.0 Å². The van der Waals surface area contributed by atoms with E-state index in [-0.39, 0.29) is 34.4 Å². The fourth-order valence-electron chi connectivity index (χ4n) is 6.95. The highest BCUT2D eigenvalue weighted by Gasteiger charge is 2.43. The third-order valence-electron chi connectivity index (χ3n) is 9.46. The summed E-state index contributed by atoms with van der Waals surface area (Å²) in [5.74, 6) is 0.976. The molecule has 0 aromatic carbocycles. The Labute approximate surface area is 278 Å². The number of hydrogen-bond acceptors (Lipinski definition) is 12. The summed E-state index contributed by atoms with van der Waals surface area (Å²) < 4.78 is 39.6. The Bertz CT molecular complexity index is 2010. The van der Waals surface area contributed by atoms with Crippen LogP contribution in [0.3, 0.4) is 0 Å². The predicted octanol–water partition coefficient (Wildman–Crippen LogP) is 6.03. The molecule has 7 heterocycles. The van der Waals surface area contributed by atoms with Gasteiger partial charge in [0, 0.05) is 47.7 Å². The first-order valence-electron chi connectivity index (χ1n) is 16.2. The van der Waals surface area contributed by atoms with Crippen molar-refractivity contribution in [1.82, 2.24) is 25.1 Å². The smallest absolute Gasteiger partial charge is 0.313 e. The summed E-state index contributed by atoms with van der Waals surface area (Å²) >= 11 is 1.41. The van der Waals surface area contributed by atoms with Crippen molar-refractivity contribution in [1.29, 1.82) is 0 Å². The summed E-state index contributed by atoms with van der Waals surface area (Å²) in [6.45, 7) is 5.59. The van der Waals surface area contributed by atoms with E-state index in [0.717, 1.165) is 53.1 Å². The summed E-state index contributed by atoms with van der Waals surface area (Å²) in [7, 11) is -3.64. The zero-order valence-electron chi connectivity index (χ0n) is 26.6. The monoisotopic (exact) mass is 673 g/mol. The number of thiophene rings is 1. The predicted molar refractivity (Wildman–Crippen MR) is 183 cm³/mol.